The predicted molar refractivity (Wildman–Crippen MR) is 96.6 cm³/mol. The molecule has 1 unspecified atom stereocenters. The third-order valence-corrected chi connectivity index (χ3v) is 4.45. The van der Waals surface area contributed by atoms with Crippen LogP contribution >= 0.6 is 0 Å². The van der Waals surface area contributed by atoms with E-state index in [1.807, 2.05) is 0 Å². The van der Waals surface area contributed by atoms with Gasteiger partial charge in [0.15, 0.2) is 11.5 Å². The van der Waals surface area contributed by atoms with Gasteiger partial charge in [-0.1, -0.05) is 12.1 Å². The number of amides is 1. The maximum atomic E-state index is 12.9. The van der Waals surface area contributed by atoms with Crippen LogP contribution in [0.15, 0.2) is 58.4 Å². The molecule has 0 spiro atoms. The summed E-state index contributed by atoms with van der Waals surface area (Å²) in [4.78, 5) is 27.1. The summed E-state index contributed by atoms with van der Waals surface area (Å²) in [6.45, 7) is 0.782. The molecule has 1 aromatic heterocycles. The molecule has 0 saturated carbocycles. The van der Waals surface area contributed by atoms with Crippen molar-refractivity contribution in [1.82, 2.24) is 4.90 Å². The Morgan fingerprint density at radius 2 is 2.07 bits per heavy atom. The molecule has 2 heterocycles. The van der Waals surface area contributed by atoms with Gasteiger partial charge in [0.25, 0.3) is 5.91 Å². The van der Waals surface area contributed by atoms with Crippen LogP contribution in [0.5, 0.6) is 5.75 Å². The van der Waals surface area contributed by atoms with E-state index < -0.39 is 23.5 Å². The third kappa shape index (κ3) is 3.59. The van der Waals surface area contributed by atoms with Gasteiger partial charge in [0.1, 0.15) is 5.75 Å². The quantitative estimate of drug-likeness (QED) is 0.567. The molecule has 1 aliphatic rings. The maximum Gasteiger partial charge on any atom is 0.290 e. The van der Waals surface area contributed by atoms with Crippen molar-refractivity contribution in [1.29, 1.82) is 0 Å². The van der Waals surface area contributed by atoms with Gasteiger partial charge < -0.3 is 23.9 Å². The minimum Gasteiger partial charge on any atom is -0.503 e. The minimum absolute atomic E-state index is 0.000574. The van der Waals surface area contributed by atoms with Gasteiger partial charge in [0.2, 0.25) is 5.78 Å². The van der Waals surface area contributed by atoms with E-state index in [1.165, 1.54) is 24.3 Å². The second-order valence-corrected chi connectivity index (χ2v) is 6.09. The molecule has 0 fully saturated rings. The topological polar surface area (TPSA) is 89.2 Å². The largest absolute Gasteiger partial charge is 0.503 e. The Balaban J connectivity index is 2.04. The molecule has 2 aromatic rings. The molecule has 3 rings (SSSR count). The molecule has 0 saturated heterocycles. The highest BCUT2D eigenvalue weighted by Gasteiger charge is 2.44. The lowest BCUT2D eigenvalue weighted by molar-refractivity contribution is -0.129. The Kier molecular flexibility index (Phi) is 5.61. The fraction of sp³-hybridized carbons (Fsp3) is 0.300. The number of aliphatic hydroxyl groups excluding tert-OH is 1. The number of ether oxygens (including phenoxy) is 2. The standard InChI is InChI=1S/C20H21NO6/c1-25-10-5-9-21-17(13-6-3-7-14(12-13)26-2)16(19(23)20(21)24)18(22)15-8-4-11-27-15/h3-4,6-8,11-12,17,23H,5,9-10H2,1-2H3. The van der Waals surface area contributed by atoms with E-state index in [-0.39, 0.29) is 11.3 Å². The molecule has 1 atom stereocenters. The van der Waals surface area contributed by atoms with E-state index in [2.05, 4.69) is 0 Å². The lowest BCUT2D eigenvalue weighted by Gasteiger charge is -2.26. The number of carbonyl (C=O) groups is 2. The number of ketones is 1. The van der Waals surface area contributed by atoms with Crippen LogP contribution in [0.3, 0.4) is 0 Å². The molecule has 0 bridgehead atoms. The second kappa shape index (κ2) is 8.09. The molecule has 7 nitrogen and oxygen atoms in total. The highest BCUT2D eigenvalue weighted by atomic mass is 16.5. The Hall–Kier alpha value is -3.06. The molecule has 1 amide bonds. The fourth-order valence-corrected chi connectivity index (χ4v) is 3.19. The number of rotatable bonds is 8. The summed E-state index contributed by atoms with van der Waals surface area (Å²) in [5, 5.41) is 10.5. The highest BCUT2D eigenvalue weighted by molar-refractivity contribution is 6.15. The fourth-order valence-electron chi connectivity index (χ4n) is 3.19. The van der Waals surface area contributed by atoms with Gasteiger partial charge in [-0.25, -0.2) is 0 Å². The number of hydrogen-bond acceptors (Lipinski definition) is 6. The molecule has 1 aliphatic heterocycles. The number of benzene rings is 1. The molecular weight excluding hydrogens is 350 g/mol. The van der Waals surface area contributed by atoms with Crippen molar-refractivity contribution in [2.75, 3.05) is 27.4 Å². The van der Waals surface area contributed by atoms with Crippen LogP contribution < -0.4 is 4.74 Å². The number of methoxy groups -OCH3 is 2. The number of carbonyl (C=O) groups excluding carboxylic acids is 2. The molecule has 0 radical (unpaired) electrons. The van der Waals surface area contributed by atoms with Gasteiger partial charge in [0, 0.05) is 20.3 Å². The first-order valence-electron chi connectivity index (χ1n) is 8.53. The second-order valence-electron chi connectivity index (χ2n) is 6.09. The number of nitrogens with zero attached hydrogens (tertiary/aromatic N) is 1. The van der Waals surface area contributed by atoms with Crippen LogP contribution in [0, 0.1) is 0 Å². The van der Waals surface area contributed by atoms with E-state index in [0.29, 0.717) is 30.9 Å². The van der Waals surface area contributed by atoms with Gasteiger partial charge >= 0.3 is 0 Å². The summed E-state index contributed by atoms with van der Waals surface area (Å²) in [7, 11) is 3.12. The molecule has 27 heavy (non-hydrogen) atoms. The van der Waals surface area contributed by atoms with Crippen molar-refractivity contribution in [3.8, 4) is 5.75 Å². The summed E-state index contributed by atoms with van der Waals surface area (Å²) in [5.74, 6) is -1.01. The summed E-state index contributed by atoms with van der Waals surface area (Å²) in [6.07, 6.45) is 1.94. The summed E-state index contributed by atoms with van der Waals surface area (Å²) in [5.41, 5.74) is 0.666. The van der Waals surface area contributed by atoms with Crippen molar-refractivity contribution >= 4 is 11.7 Å². The maximum absolute atomic E-state index is 12.9. The Morgan fingerprint density at radius 1 is 1.26 bits per heavy atom. The van der Waals surface area contributed by atoms with Crippen LogP contribution in [0.25, 0.3) is 0 Å². The van der Waals surface area contributed by atoms with E-state index >= 15 is 0 Å². The zero-order chi connectivity index (χ0) is 19.4. The Labute approximate surface area is 156 Å². The summed E-state index contributed by atoms with van der Waals surface area (Å²) in [6, 6.07) is 9.43. The first-order chi connectivity index (χ1) is 13.1. The lowest BCUT2D eigenvalue weighted by Crippen LogP contribution is -2.32. The number of furan rings is 1. The van der Waals surface area contributed by atoms with E-state index in [1.54, 1.807) is 37.4 Å². The zero-order valence-electron chi connectivity index (χ0n) is 15.2. The van der Waals surface area contributed by atoms with Crippen LogP contribution in [-0.2, 0) is 9.53 Å². The molecule has 142 valence electrons. The Morgan fingerprint density at radius 3 is 2.74 bits per heavy atom. The van der Waals surface area contributed by atoms with Crippen LogP contribution in [0.1, 0.15) is 28.6 Å². The van der Waals surface area contributed by atoms with Crippen LogP contribution in [-0.4, -0.2) is 49.1 Å². The third-order valence-electron chi connectivity index (χ3n) is 4.45. The molecule has 7 heteroatoms. The van der Waals surface area contributed by atoms with Crippen molar-refractivity contribution in [2.45, 2.75) is 12.5 Å². The normalized spacial score (nSPS) is 16.9. The van der Waals surface area contributed by atoms with Crippen LogP contribution in [0.2, 0.25) is 0 Å². The SMILES string of the molecule is COCCCN1C(=O)C(O)=C(C(=O)c2ccco2)C1c1cccc(OC)c1. The average Bonchev–Trinajstić information content (AvgIpc) is 3.30. The minimum atomic E-state index is -0.734. The van der Waals surface area contributed by atoms with Crippen molar-refractivity contribution in [3.05, 3.63) is 65.3 Å². The average molecular weight is 371 g/mol. The summed E-state index contributed by atoms with van der Waals surface area (Å²) >= 11 is 0. The number of Topliss-reactive ketones (excluding diaryl/α,β-unsaturated/α-hetero) is 1. The number of hydrogen-bond donors (Lipinski definition) is 1. The number of aliphatic hydroxyl groups is 1. The lowest BCUT2D eigenvalue weighted by atomic mass is 9.95. The van der Waals surface area contributed by atoms with Gasteiger partial charge in [0.05, 0.1) is 25.0 Å². The summed E-state index contributed by atoms with van der Waals surface area (Å²) < 4.78 is 15.5. The van der Waals surface area contributed by atoms with Crippen molar-refractivity contribution in [3.63, 3.8) is 0 Å². The highest BCUT2D eigenvalue weighted by Crippen LogP contribution is 2.39. The van der Waals surface area contributed by atoms with Crippen molar-refractivity contribution < 1.29 is 28.6 Å². The van der Waals surface area contributed by atoms with Crippen molar-refractivity contribution in [2.24, 2.45) is 0 Å². The van der Waals surface area contributed by atoms with E-state index in [0.717, 1.165) is 0 Å². The monoisotopic (exact) mass is 371 g/mol. The van der Waals surface area contributed by atoms with Gasteiger partial charge in [-0.2, -0.15) is 0 Å². The van der Waals surface area contributed by atoms with E-state index in [9.17, 15) is 14.7 Å². The smallest absolute Gasteiger partial charge is 0.290 e. The van der Waals surface area contributed by atoms with Crippen LogP contribution in [0.4, 0.5) is 0 Å². The molecular formula is C20H21NO6. The van der Waals surface area contributed by atoms with E-state index in [4.69, 9.17) is 13.9 Å². The molecule has 1 N–H and O–H groups in total. The molecule has 1 aromatic carbocycles. The van der Waals surface area contributed by atoms with Gasteiger partial charge in [-0.3, -0.25) is 9.59 Å². The first kappa shape index (κ1) is 18.7. The Bertz CT molecular complexity index is 855. The first-order valence-corrected chi connectivity index (χ1v) is 8.53. The predicted octanol–water partition coefficient (Wildman–Crippen LogP) is 2.90. The zero-order valence-corrected chi connectivity index (χ0v) is 15.2. The van der Waals surface area contributed by atoms with Gasteiger partial charge in [-0.05, 0) is 36.2 Å². The van der Waals surface area contributed by atoms with Gasteiger partial charge in [-0.15, -0.1) is 0 Å². The molecule has 0 aliphatic carbocycles.